The van der Waals surface area contributed by atoms with E-state index in [4.69, 9.17) is 0 Å². The highest BCUT2D eigenvalue weighted by Gasteiger charge is 2.12. The third kappa shape index (κ3) is 2.53. The Hall–Kier alpha value is -0.880. The molecule has 5 nitrogen and oxygen atoms in total. The quantitative estimate of drug-likeness (QED) is 0.738. The highest BCUT2D eigenvalue weighted by atomic mass is 32.2. The predicted molar refractivity (Wildman–Crippen MR) is 49.6 cm³/mol. The summed E-state index contributed by atoms with van der Waals surface area (Å²) in [5.41, 5.74) is 1.48. The van der Waals surface area contributed by atoms with Gasteiger partial charge < -0.3 is 0 Å². The second kappa shape index (κ2) is 3.47. The number of aromatic nitrogens is 2. The minimum atomic E-state index is -3.19. The molecule has 1 aromatic rings. The van der Waals surface area contributed by atoms with Crippen molar-refractivity contribution in [3.05, 3.63) is 17.5 Å². The Bertz CT molecular complexity index is 394. The van der Waals surface area contributed by atoms with Crippen LogP contribution in [0, 0.1) is 6.92 Å². The van der Waals surface area contributed by atoms with E-state index in [1.807, 2.05) is 0 Å². The summed E-state index contributed by atoms with van der Waals surface area (Å²) in [5, 5.41) is 4.05. The third-order valence-electron chi connectivity index (χ3n) is 1.77. The SMILES string of the molecule is CNS(=O)(=O)Cc1cn(C)nc1C. The van der Waals surface area contributed by atoms with Crippen molar-refractivity contribution in [2.75, 3.05) is 7.05 Å². The van der Waals surface area contributed by atoms with Crippen molar-refractivity contribution in [3.63, 3.8) is 0 Å². The number of hydrogen-bond donors (Lipinski definition) is 1. The van der Waals surface area contributed by atoms with Gasteiger partial charge in [0, 0.05) is 18.8 Å². The van der Waals surface area contributed by atoms with E-state index < -0.39 is 10.0 Å². The lowest BCUT2D eigenvalue weighted by molar-refractivity contribution is 0.587. The molecule has 0 spiro atoms. The fourth-order valence-electron chi connectivity index (χ4n) is 1.07. The van der Waals surface area contributed by atoms with Crippen LogP contribution in [0.4, 0.5) is 0 Å². The number of hydrogen-bond acceptors (Lipinski definition) is 3. The van der Waals surface area contributed by atoms with Crippen molar-refractivity contribution >= 4 is 10.0 Å². The monoisotopic (exact) mass is 203 g/mol. The maximum Gasteiger partial charge on any atom is 0.215 e. The molecule has 0 bridgehead atoms. The molecule has 6 heteroatoms. The molecular formula is C7H13N3O2S. The number of rotatable bonds is 3. The van der Waals surface area contributed by atoms with Gasteiger partial charge in [0.2, 0.25) is 10.0 Å². The molecule has 0 aromatic carbocycles. The molecule has 0 saturated carbocycles. The summed E-state index contributed by atoms with van der Waals surface area (Å²) in [6.45, 7) is 1.79. The fraction of sp³-hybridized carbons (Fsp3) is 0.571. The number of aryl methyl sites for hydroxylation is 2. The minimum absolute atomic E-state index is 0.0107. The molecule has 1 N–H and O–H groups in total. The van der Waals surface area contributed by atoms with Crippen LogP contribution < -0.4 is 4.72 Å². The van der Waals surface area contributed by atoms with Crippen LogP contribution in [0.5, 0.6) is 0 Å². The molecule has 0 saturated heterocycles. The molecule has 0 atom stereocenters. The van der Waals surface area contributed by atoms with Crippen molar-refractivity contribution in [2.24, 2.45) is 7.05 Å². The van der Waals surface area contributed by atoms with E-state index in [0.717, 1.165) is 11.3 Å². The van der Waals surface area contributed by atoms with Gasteiger partial charge in [-0.15, -0.1) is 0 Å². The van der Waals surface area contributed by atoms with E-state index in [9.17, 15) is 8.42 Å². The zero-order valence-electron chi connectivity index (χ0n) is 7.90. The highest BCUT2D eigenvalue weighted by molar-refractivity contribution is 7.88. The molecule has 0 fully saturated rings. The highest BCUT2D eigenvalue weighted by Crippen LogP contribution is 2.08. The van der Waals surface area contributed by atoms with Crippen LogP contribution in [0.2, 0.25) is 0 Å². The Morgan fingerprint density at radius 2 is 2.23 bits per heavy atom. The van der Waals surface area contributed by atoms with Gasteiger partial charge in [-0.05, 0) is 14.0 Å². The van der Waals surface area contributed by atoms with Gasteiger partial charge >= 0.3 is 0 Å². The van der Waals surface area contributed by atoms with Crippen LogP contribution in [0.1, 0.15) is 11.3 Å². The Kier molecular flexibility index (Phi) is 2.72. The molecule has 1 rings (SSSR count). The molecule has 74 valence electrons. The lowest BCUT2D eigenvalue weighted by Crippen LogP contribution is -2.20. The van der Waals surface area contributed by atoms with Crippen molar-refractivity contribution in [2.45, 2.75) is 12.7 Å². The first-order valence-corrected chi connectivity index (χ1v) is 5.50. The Morgan fingerprint density at radius 3 is 2.62 bits per heavy atom. The van der Waals surface area contributed by atoms with Gasteiger partial charge in [0.15, 0.2) is 0 Å². The minimum Gasteiger partial charge on any atom is -0.275 e. The first-order chi connectivity index (χ1) is 5.94. The van der Waals surface area contributed by atoms with Gasteiger partial charge in [0.1, 0.15) is 0 Å². The molecule has 0 aliphatic rings. The lowest BCUT2D eigenvalue weighted by Gasteiger charge is -1.99. The first kappa shape index (κ1) is 10.2. The summed E-state index contributed by atoms with van der Waals surface area (Å²) in [6, 6.07) is 0. The summed E-state index contributed by atoms with van der Waals surface area (Å²) in [6.07, 6.45) is 1.71. The van der Waals surface area contributed by atoms with Crippen LogP contribution in [-0.4, -0.2) is 25.2 Å². The zero-order valence-corrected chi connectivity index (χ0v) is 8.72. The fourth-order valence-corrected chi connectivity index (χ4v) is 1.90. The molecule has 1 aromatic heterocycles. The van der Waals surface area contributed by atoms with Gasteiger partial charge in [0.25, 0.3) is 0 Å². The van der Waals surface area contributed by atoms with Gasteiger partial charge in [-0.1, -0.05) is 0 Å². The van der Waals surface area contributed by atoms with Crippen LogP contribution in [-0.2, 0) is 22.8 Å². The van der Waals surface area contributed by atoms with Crippen molar-refractivity contribution in [3.8, 4) is 0 Å². The average Bonchev–Trinajstić information content (AvgIpc) is 2.30. The molecule has 0 aliphatic heterocycles. The lowest BCUT2D eigenvalue weighted by atomic mass is 10.3. The summed E-state index contributed by atoms with van der Waals surface area (Å²) in [5.74, 6) is -0.0107. The molecule has 0 radical (unpaired) electrons. The van der Waals surface area contributed by atoms with Crippen LogP contribution in [0.3, 0.4) is 0 Å². The molecule has 0 amide bonds. The standard InChI is InChI=1S/C7H13N3O2S/c1-6-7(4-10(3)9-6)5-13(11,12)8-2/h4,8H,5H2,1-3H3. The van der Waals surface area contributed by atoms with Crippen molar-refractivity contribution < 1.29 is 8.42 Å². The number of nitrogens with one attached hydrogen (secondary N) is 1. The van der Waals surface area contributed by atoms with Gasteiger partial charge in [-0.3, -0.25) is 4.68 Å². The molecule has 0 unspecified atom stereocenters. The molecule has 1 heterocycles. The van der Waals surface area contributed by atoms with E-state index in [-0.39, 0.29) is 5.75 Å². The van der Waals surface area contributed by atoms with Crippen LogP contribution in [0.25, 0.3) is 0 Å². The second-order valence-corrected chi connectivity index (χ2v) is 4.80. The van der Waals surface area contributed by atoms with Gasteiger partial charge in [-0.2, -0.15) is 5.10 Å². The maximum atomic E-state index is 11.2. The average molecular weight is 203 g/mol. The Labute approximate surface area is 77.8 Å². The molecule has 0 aliphatic carbocycles. The molecular weight excluding hydrogens is 190 g/mol. The normalized spacial score (nSPS) is 11.9. The van der Waals surface area contributed by atoms with Gasteiger partial charge in [-0.25, -0.2) is 13.1 Å². The number of sulfonamides is 1. The van der Waals surface area contributed by atoms with Crippen molar-refractivity contribution in [1.82, 2.24) is 14.5 Å². The number of nitrogens with zero attached hydrogens (tertiary/aromatic N) is 2. The topological polar surface area (TPSA) is 64.0 Å². The van der Waals surface area contributed by atoms with E-state index >= 15 is 0 Å². The third-order valence-corrected chi connectivity index (χ3v) is 3.08. The zero-order chi connectivity index (χ0) is 10.1. The summed E-state index contributed by atoms with van der Waals surface area (Å²) >= 11 is 0. The van der Waals surface area contributed by atoms with Crippen LogP contribution in [0.15, 0.2) is 6.20 Å². The molecule has 13 heavy (non-hydrogen) atoms. The second-order valence-electron chi connectivity index (χ2n) is 2.88. The Balaban J connectivity index is 2.92. The Morgan fingerprint density at radius 1 is 1.62 bits per heavy atom. The van der Waals surface area contributed by atoms with Crippen molar-refractivity contribution in [1.29, 1.82) is 0 Å². The first-order valence-electron chi connectivity index (χ1n) is 3.85. The summed E-state index contributed by atoms with van der Waals surface area (Å²) in [7, 11) is -0.0149. The smallest absolute Gasteiger partial charge is 0.215 e. The van der Waals surface area contributed by atoms with E-state index in [0.29, 0.717) is 0 Å². The van der Waals surface area contributed by atoms with Gasteiger partial charge in [0.05, 0.1) is 11.4 Å². The summed E-state index contributed by atoms with van der Waals surface area (Å²) < 4.78 is 26.2. The predicted octanol–water partition coefficient (Wildman–Crippen LogP) is -0.222. The maximum absolute atomic E-state index is 11.2. The largest absolute Gasteiger partial charge is 0.275 e. The van der Waals surface area contributed by atoms with Crippen LogP contribution >= 0.6 is 0 Å². The summed E-state index contributed by atoms with van der Waals surface area (Å²) in [4.78, 5) is 0. The van der Waals surface area contributed by atoms with E-state index in [1.165, 1.54) is 7.05 Å². The van der Waals surface area contributed by atoms with E-state index in [2.05, 4.69) is 9.82 Å². The van der Waals surface area contributed by atoms with E-state index in [1.54, 1.807) is 24.9 Å².